The summed E-state index contributed by atoms with van der Waals surface area (Å²) in [5.74, 6) is 0.607. The monoisotopic (exact) mass is 485 g/mol. The number of rotatable bonds is 8. The Labute approximate surface area is 201 Å². The van der Waals surface area contributed by atoms with E-state index >= 15 is 0 Å². The topological polar surface area (TPSA) is 79.9 Å². The minimum atomic E-state index is -0.315. The number of amides is 2. The van der Waals surface area contributed by atoms with Crippen molar-refractivity contribution in [2.45, 2.75) is 33.4 Å². The molecule has 174 valence electrons. The lowest BCUT2D eigenvalue weighted by molar-refractivity contribution is 0.102. The lowest BCUT2D eigenvalue weighted by atomic mass is 10.0. The molecule has 0 radical (unpaired) electrons. The smallest absolute Gasteiger partial charge is 0.410 e. The fourth-order valence-corrected chi connectivity index (χ4v) is 5.62. The van der Waals surface area contributed by atoms with Crippen LogP contribution in [0, 0.1) is 0 Å². The maximum absolute atomic E-state index is 13.4. The van der Waals surface area contributed by atoms with Crippen LogP contribution in [0.15, 0.2) is 41.8 Å². The number of nitrogens with zero attached hydrogens (tertiary/aromatic N) is 1. The second-order valence-corrected chi connectivity index (χ2v) is 9.56. The van der Waals surface area contributed by atoms with Gasteiger partial charge in [-0.3, -0.25) is 4.79 Å². The largest absolute Gasteiger partial charge is 0.494 e. The SMILES string of the molecule is CCOC(=O)N1CCc2c(sc(NCc3cccs3)c2C(=O)Nc2ccc(OCC)cc2)C1. The van der Waals surface area contributed by atoms with Crippen molar-refractivity contribution in [3.8, 4) is 5.75 Å². The summed E-state index contributed by atoms with van der Waals surface area (Å²) in [6.45, 7) is 6.28. The average Bonchev–Trinajstić information content (AvgIpc) is 3.46. The molecule has 2 amide bonds. The zero-order valence-electron chi connectivity index (χ0n) is 18.7. The average molecular weight is 486 g/mol. The molecule has 3 aromatic rings. The van der Waals surface area contributed by atoms with E-state index in [9.17, 15) is 9.59 Å². The van der Waals surface area contributed by atoms with E-state index in [0.717, 1.165) is 21.2 Å². The molecule has 0 aliphatic carbocycles. The molecule has 2 aromatic heterocycles. The summed E-state index contributed by atoms with van der Waals surface area (Å²) in [6.07, 6.45) is 0.294. The highest BCUT2D eigenvalue weighted by Crippen LogP contribution is 2.38. The van der Waals surface area contributed by atoms with Gasteiger partial charge in [0, 0.05) is 22.0 Å². The fourth-order valence-electron chi connectivity index (χ4n) is 3.71. The van der Waals surface area contributed by atoms with Crippen molar-refractivity contribution in [2.75, 3.05) is 30.4 Å². The number of carbonyl (C=O) groups excluding carboxylic acids is 2. The third-order valence-electron chi connectivity index (χ3n) is 5.24. The number of carbonyl (C=O) groups is 2. The number of benzene rings is 1. The quantitative estimate of drug-likeness (QED) is 0.435. The lowest BCUT2D eigenvalue weighted by Crippen LogP contribution is -2.36. The Morgan fingerprint density at radius 2 is 1.94 bits per heavy atom. The van der Waals surface area contributed by atoms with Crippen molar-refractivity contribution in [2.24, 2.45) is 0 Å². The lowest BCUT2D eigenvalue weighted by Gasteiger charge is -2.26. The van der Waals surface area contributed by atoms with Crippen molar-refractivity contribution in [1.82, 2.24) is 4.90 Å². The van der Waals surface area contributed by atoms with Gasteiger partial charge in [-0.2, -0.15) is 0 Å². The maximum Gasteiger partial charge on any atom is 0.410 e. The van der Waals surface area contributed by atoms with Gasteiger partial charge in [0.05, 0.1) is 31.9 Å². The van der Waals surface area contributed by atoms with Crippen molar-refractivity contribution >= 4 is 45.4 Å². The van der Waals surface area contributed by atoms with Gasteiger partial charge < -0.3 is 25.0 Å². The van der Waals surface area contributed by atoms with Gasteiger partial charge in [-0.15, -0.1) is 22.7 Å². The molecule has 0 saturated carbocycles. The van der Waals surface area contributed by atoms with E-state index in [1.165, 1.54) is 16.2 Å². The number of hydrogen-bond donors (Lipinski definition) is 2. The van der Waals surface area contributed by atoms with Crippen LogP contribution in [0.5, 0.6) is 5.75 Å². The van der Waals surface area contributed by atoms with Crippen LogP contribution >= 0.6 is 22.7 Å². The van der Waals surface area contributed by atoms with Crippen molar-refractivity contribution < 1.29 is 19.1 Å². The summed E-state index contributed by atoms with van der Waals surface area (Å²) in [4.78, 5) is 29.5. The number of hydrogen-bond acceptors (Lipinski definition) is 7. The highest BCUT2D eigenvalue weighted by atomic mass is 32.1. The first-order valence-corrected chi connectivity index (χ1v) is 12.6. The summed E-state index contributed by atoms with van der Waals surface area (Å²) in [5, 5.41) is 9.33. The Balaban J connectivity index is 1.57. The van der Waals surface area contributed by atoms with E-state index in [1.54, 1.807) is 23.2 Å². The van der Waals surface area contributed by atoms with E-state index in [0.29, 0.717) is 50.5 Å². The molecular formula is C24H27N3O4S2. The number of nitrogens with one attached hydrogen (secondary N) is 2. The summed E-state index contributed by atoms with van der Waals surface area (Å²) in [7, 11) is 0. The van der Waals surface area contributed by atoms with Gasteiger partial charge in [0.15, 0.2) is 0 Å². The zero-order valence-corrected chi connectivity index (χ0v) is 20.3. The third kappa shape index (κ3) is 5.48. The number of fused-ring (bicyclic) bond motifs is 1. The highest BCUT2D eigenvalue weighted by Gasteiger charge is 2.30. The summed E-state index contributed by atoms with van der Waals surface area (Å²) in [6, 6.07) is 11.4. The molecule has 33 heavy (non-hydrogen) atoms. The minimum Gasteiger partial charge on any atom is -0.494 e. The van der Waals surface area contributed by atoms with Crippen LogP contribution in [-0.4, -0.2) is 36.7 Å². The molecule has 1 aromatic carbocycles. The van der Waals surface area contributed by atoms with Crippen molar-refractivity contribution in [3.05, 3.63) is 62.7 Å². The normalized spacial score (nSPS) is 12.7. The van der Waals surface area contributed by atoms with E-state index in [2.05, 4.69) is 16.7 Å². The molecule has 0 saturated heterocycles. The highest BCUT2D eigenvalue weighted by molar-refractivity contribution is 7.16. The predicted octanol–water partition coefficient (Wildman–Crippen LogP) is 5.59. The molecule has 2 N–H and O–H groups in total. The molecule has 7 nitrogen and oxygen atoms in total. The maximum atomic E-state index is 13.4. The molecule has 0 spiro atoms. The molecule has 3 heterocycles. The standard InChI is InChI=1S/C24H27N3O4S2/c1-3-30-17-9-7-16(8-10-17)26-22(28)21-19-11-12-27(24(29)31-4-2)15-20(19)33-23(21)25-14-18-6-5-13-32-18/h5-10,13,25H,3-4,11-12,14-15H2,1-2H3,(H,26,28). The van der Waals surface area contributed by atoms with Crippen LogP contribution in [0.1, 0.15) is 39.5 Å². The Kier molecular flexibility index (Phi) is 7.51. The van der Waals surface area contributed by atoms with Gasteiger partial charge in [-0.1, -0.05) is 6.07 Å². The fraction of sp³-hybridized carbons (Fsp3) is 0.333. The Bertz CT molecular complexity index is 1090. The number of anilines is 2. The molecule has 1 aliphatic heterocycles. The second-order valence-electron chi connectivity index (χ2n) is 7.42. The Hall–Kier alpha value is -3.04. The Morgan fingerprint density at radius 3 is 2.64 bits per heavy atom. The summed E-state index contributed by atoms with van der Waals surface area (Å²) >= 11 is 3.20. The van der Waals surface area contributed by atoms with Crippen molar-refractivity contribution in [3.63, 3.8) is 0 Å². The van der Waals surface area contributed by atoms with Gasteiger partial charge in [0.1, 0.15) is 10.8 Å². The molecule has 4 rings (SSSR count). The van der Waals surface area contributed by atoms with E-state index < -0.39 is 0 Å². The Morgan fingerprint density at radius 1 is 1.12 bits per heavy atom. The van der Waals surface area contributed by atoms with E-state index in [1.807, 2.05) is 42.6 Å². The minimum absolute atomic E-state index is 0.157. The van der Waals surface area contributed by atoms with Crippen molar-refractivity contribution in [1.29, 1.82) is 0 Å². The number of ether oxygens (including phenoxy) is 2. The zero-order chi connectivity index (χ0) is 23.2. The van der Waals surface area contributed by atoms with Gasteiger partial charge in [0.2, 0.25) is 0 Å². The van der Waals surface area contributed by atoms with Gasteiger partial charge in [-0.05, 0) is 61.5 Å². The van der Waals surface area contributed by atoms with Crippen LogP contribution in [0.2, 0.25) is 0 Å². The first-order valence-electron chi connectivity index (χ1n) is 11.0. The van der Waals surface area contributed by atoms with Gasteiger partial charge in [0.25, 0.3) is 5.91 Å². The number of thiophene rings is 2. The summed E-state index contributed by atoms with van der Waals surface area (Å²) in [5.41, 5.74) is 2.36. The van der Waals surface area contributed by atoms with Gasteiger partial charge in [-0.25, -0.2) is 4.79 Å². The molecule has 0 atom stereocenters. The molecule has 0 bridgehead atoms. The molecular weight excluding hydrogens is 458 g/mol. The first-order chi connectivity index (χ1) is 16.1. The van der Waals surface area contributed by atoms with Crippen LogP contribution in [0.4, 0.5) is 15.5 Å². The molecule has 1 aliphatic rings. The summed E-state index contributed by atoms with van der Waals surface area (Å²) < 4.78 is 10.7. The molecule has 9 heteroatoms. The first kappa shape index (κ1) is 23.1. The van der Waals surface area contributed by atoms with Crippen LogP contribution < -0.4 is 15.4 Å². The van der Waals surface area contributed by atoms with Gasteiger partial charge >= 0.3 is 6.09 Å². The second kappa shape index (κ2) is 10.7. The van der Waals surface area contributed by atoms with Crippen LogP contribution in [0.25, 0.3) is 0 Å². The molecule has 0 unspecified atom stereocenters. The van der Waals surface area contributed by atoms with Crippen LogP contribution in [0.3, 0.4) is 0 Å². The van der Waals surface area contributed by atoms with E-state index in [-0.39, 0.29) is 12.0 Å². The predicted molar refractivity (Wildman–Crippen MR) is 133 cm³/mol. The van der Waals surface area contributed by atoms with E-state index in [4.69, 9.17) is 9.47 Å². The third-order valence-corrected chi connectivity index (χ3v) is 7.29. The molecule has 0 fully saturated rings. The van der Waals surface area contributed by atoms with Crippen LogP contribution in [-0.2, 0) is 24.2 Å².